The number of pyridine rings is 1. The maximum absolute atomic E-state index is 12.1. The van der Waals surface area contributed by atoms with Gasteiger partial charge in [0, 0.05) is 23.8 Å². The van der Waals surface area contributed by atoms with Crippen molar-refractivity contribution in [1.29, 1.82) is 0 Å². The van der Waals surface area contributed by atoms with Crippen LogP contribution in [0, 0.1) is 6.92 Å². The highest BCUT2D eigenvalue weighted by molar-refractivity contribution is 9.11. The molecular formula is C13H14BrN3OS. The van der Waals surface area contributed by atoms with Crippen molar-refractivity contribution < 1.29 is 4.79 Å². The van der Waals surface area contributed by atoms with Crippen LogP contribution < -0.4 is 10.6 Å². The molecule has 0 bridgehead atoms. The third-order valence-corrected chi connectivity index (χ3v) is 4.23. The molecule has 2 rings (SSSR count). The monoisotopic (exact) mass is 339 g/mol. The lowest BCUT2D eigenvalue weighted by Crippen LogP contribution is -2.23. The molecule has 1 amide bonds. The van der Waals surface area contributed by atoms with E-state index in [0.717, 1.165) is 20.0 Å². The van der Waals surface area contributed by atoms with E-state index in [1.54, 1.807) is 24.6 Å². The zero-order valence-electron chi connectivity index (χ0n) is 10.7. The third kappa shape index (κ3) is 3.54. The van der Waals surface area contributed by atoms with Crippen molar-refractivity contribution in [2.45, 2.75) is 13.5 Å². The van der Waals surface area contributed by atoms with Crippen molar-refractivity contribution in [3.8, 4) is 0 Å². The fourth-order valence-electron chi connectivity index (χ4n) is 1.66. The van der Waals surface area contributed by atoms with E-state index in [1.165, 1.54) is 0 Å². The third-order valence-electron chi connectivity index (χ3n) is 2.61. The number of carbonyl (C=O) groups excluding carboxylic acids is 1. The summed E-state index contributed by atoms with van der Waals surface area (Å²) in [6.07, 6.45) is 1.60. The number of anilines is 1. The standard InChI is InChI=1S/C13H14BrN3OS/c1-8-5-11(15-2)10(7-16-8)13(18)17-6-9-3-4-12(14)19-9/h3-5,7H,6H2,1-2H3,(H,15,16)(H,17,18). The van der Waals surface area contributed by atoms with Gasteiger partial charge in [-0.15, -0.1) is 11.3 Å². The van der Waals surface area contributed by atoms with Crippen LogP contribution >= 0.6 is 27.3 Å². The molecule has 0 aliphatic rings. The van der Waals surface area contributed by atoms with E-state index >= 15 is 0 Å². The lowest BCUT2D eigenvalue weighted by molar-refractivity contribution is 0.0952. The summed E-state index contributed by atoms with van der Waals surface area (Å²) in [7, 11) is 1.79. The first-order valence-corrected chi connectivity index (χ1v) is 7.38. The van der Waals surface area contributed by atoms with E-state index in [-0.39, 0.29) is 5.91 Å². The molecule has 2 aromatic rings. The predicted molar refractivity (Wildman–Crippen MR) is 81.7 cm³/mol. The summed E-state index contributed by atoms with van der Waals surface area (Å²) < 4.78 is 1.06. The van der Waals surface area contributed by atoms with Gasteiger partial charge >= 0.3 is 0 Å². The summed E-state index contributed by atoms with van der Waals surface area (Å²) in [5, 5.41) is 5.91. The predicted octanol–water partition coefficient (Wildman–Crippen LogP) is 3.19. The molecule has 100 valence electrons. The Morgan fingerprint density at radius 3 is 2.89 bits per heavy atom. The number of nitrogens with one attached hydrogen (secondary N) is 2. The van der Waals surface area contributed by atoms with Crippen LogP contribution in [0.15, 0.2) is 28.2 Å². The molecule has 0 aliphatic carbocycles. The summed E-state index contributed by atoms with van der Waals surface area (Å²) in [6, 6.07) is 5.82. The van der Waals surface area contributed by atoms with Crippen LogP contribution in [-0.4, -0.2) is 17.9 Å². The first-order chi connectivity index (χ1) is 9.10. The zero-order valence-corrected chi connectivity index (χ0v) is 13.1. The van der Waals surface area contributed by atoms with Gasteiger partial charge in [0.25, 0.3) is 5.91 Å². The SMILES string of the molecule is CNc1cc(C)ncc1C(=O)NCc1ccc(Br)s1. The molecule has 4 nitrogen and oxygen atoms in total. The molecule has 2 aromatic heterocycles. The quantitative estimate of drug-likeness (QED) is 0.899. The summed E-state index contributed by atoms with van der Waals surface area (Å²) in [5.41, 5.74) is 2.23. The fraction of sp³-hybridized carbons (Fsp3) is 0.231. The van der Waals surface area contributed by atoms with E-state index < -0.39 is 0 Å². The number of aromatic nitrogens is 1. The smallest absolute Gasteiger partial charge is 0.255 e. The highest BCUT2D eigenvalue weighted by Gasteiger charge is 2.11. The van der Waals surface area contributed by atoms with Crippen LogP contribution in [0.4, 0.5) is 5.69 Å². The molecule has 2 N–H and O–H groups in total. The fourth-order valence-corrected chi connectivity index (χ4v) is 3.08. The van der Waals surface area contributed by atoms with Crippen LogP contribution in [0.25, 0.3) is 0 Å². The summed E-state index contributed by atoms with van der Waals surface area (Å²) in [5.74, 6) is -0.124. The van der Waals surface area contributed by atoms with Gasteiger partial charge in [0.2, 0.25) is 0 Å². The molecule has 0 aromatic carbocycles. The lowest BCUT2D eigenvalue weighted by atomic mass is 10.2. The minimum atomic E-state index is -0.124. The second-order valence-corrected chi connectivity index (χ2v) is 6.56. The Labute approximate surface area is 124 Å². The van der Waals surface area contributed by atoms with Crippen LogP contribution in [0.3, 0.4) is 0 Å². The first kappa shape index (κ1) is 14.0. The van der Waals surface area contributed by atoms with E-state index in [4.69, 9.17) is 0 Å². The molecule has 0 spiro atoms. The van der Waals surface area contributed by atoms with Gasteiger partial charge < -0.3 is 10.6 Å². The van der Waals surface area contributed by atoms with Crippen molar-refractivity contribution in [1.82, 2.24) is 10.3 Å². The van der Waals surface area contributed by atoms with Gasteiger partial charge in [-0.05, 0) is 41.1 Å². The molecule has 0 saturated carbocycles. The van der Waals surface area contributed by atoms with Crippen LogP contribution in [0.1, 0.15) is 20.9 Å². The highest BCUT2D eigenvalue weighted by Crippen LogP contribution is 2.22. The number of aryl methyl sites for hydroxylation is 1. The number of thiophene rings is 1. The van der Waals surface area contributed by atoms with Gasteiger partial charge in [-0.2, -0.15) is 0 Å². The maximum Gasteiger partial charge on any atom is 0.255 e. The van der Waals surface area contributed by atoms with Crippen LogP contribution in [0.2, 0.25) is 0 Å². The first-order valence-electron chi connectivity index (χ1n) is 5.77. The molecule has 0 saturated heterocycles. The number of rotatable bonds is 4. The Morgan fingerprint density at radius 2 is 2.26 bits per heavy atom. The summed E-state index contributed by atoms with van der Waals surface area (Å²) >= 11 is 5.01. The average Bonchev–Trinajstić information content (AvgIpc) is 2.81. The van der Waals surface area contributed by atoms with E-state index in [9.17, 15) is 4.79 Å². The Bertz CT molecular complexity index is 597. The van der Waals surface area contributed by atoms with Gasteiger partial charge in [-0.1, -0.05) is 0 Å². The average molecular weight is 340 g/mol. The van der Waals surface area contributed by atoms with Gasteiger partial charge in [0.15, 0.2) is 0 Å². The largest absolute Gasteiger partial charge is 0.387 e. The molecule has 19 heavy (non-hydrogen) atoms. The van der Waals surface area contributed by atoms with E-state index in [2.05, 4.69) is 31.5 Å². The molecule has 0 unspecified atom stereocenters. The second-order valence-electron chi connectivity index (χ2n) is 4.01. The Balaban J connectivity index is 2.07. The van der Waals surface area contributed by atoms with Gasteiger partial charge in [-0.3, -0.25) is 9.78 Å². The minimum Gasteiger partial charge on any atom is -0.387 e. The Morgan fingerprint density at radius 1 is 1.47 bits per heavy atom. The zero-order chi connectivity index (χ0) is 13.8. The van der Waals surface area contributed by atoms with Crippen LogP contribution in [-0.2, 0) is 6.54 Å². The number of carbonyl (C=O) groups is 1. The van der Waals surface area contributed by atoms with Crippen molar-refractivity contribution >= 4 is 38.9 Å². The van der Waals surface area contributed by atoms with Crippen molar-refractivity contribution in [2.24, 2.45) is 0 Å². The van der Waals surface area contributed by atoms with Gasteiger partial charge in [0.05, 0.1) is 21.6 Å². The number of nitrogens with zero attached hydrogens (tertiary/aromatic N) is 1. The lowest BCUT2D eigenvalue weighted by Gasteiger charge is -2.09. The normalized spacial score (nSPS) is 10.3. The number of hydrogen-bond acceptors (Lipinski definition) is 4. The van der Waals surface area contributed by atoms with Crippen molar-refractivity contribution in [3.63, 3.8) is 0 Å². The van der Waals surface area contributed by atoms with E-state index in [1.807, 2.05) is 25.1 Å². The van der Waals surface area contributed by atoms with E-state index in [0.29, 0.717) is 12.1 Å². The number of amides is 1. The van der Waals surface area contributed by atoms with Gasteiger partial charge in [-0.25, -0.2) is 0 Å². The Kier molecular flexibility index (Phi) is 4.55. The van der Waals surface area contributed by atoms with Gasteiger partial charge in [0.1, 0.15) is 0 Å². The maximum atomic E-state index is 12.1. The molecule has 6 heteroatoms. The second kappa shape index (κ2) is 6.16. The molecule has 0 fully saturated rings. The molecule has 0 radical (unpaired) electrons. The van der Waals surface area contributed by atoms with Crippen molar-refractivity contribution in [3.05, 3.63) is 44.3 Å². The molecule has 0 atom stereocenters. The highest BCUT2D eigenvalue weighted by atomic mass is 79.9. The summed E-state index contributed by atoms with van der Waals surface area (Å²) in [4.78, 5) is 17.4. The molecule has 2 heterocycles. The van der Waals surface area contributed by atoms with Crippen molar-refractivity contribution in [2.75, 3.05) is 12.4 Å². The van der Waals surface area contributed by atoms with Crippen LogP contribution in [0.5, 0.6) is 0 Å². The number of hydrogen-bond donors (Lipinski definition) is 2. The topological polar surface area (TPSA) is 54.0 Å². The molecular weight excluding hydrogens is 326 g/mol. The number of halogens is 1. The summed E-state index contributed by atoms with van der Waals surface area (Å²) in [6.45, 7) is 2.41. The Hall–Kier alpha value is -1.40. The minimum absolute atomic E-state index is 0.124. The molecule has 0 aliphatic heterocycles.